The highest BCUT2D eigenvalue weighted by Gasteiger charge is 2.29. The van der Waals surface area contributed by atoms with Gasteiger partial charge < -0.3 is 10.6 Å². The Hall–Kier alpha value is -3.35. The maximum absolute atomic E-state index is 13.5. The first-order chi connectivity index (χ1) is 14.8. The maximum Gasteiger partial charge on any atom is 0.228 e. The molecule has 2 aromatic heterocycles. The van der Waals surface area contributed by atoms with Crippen molar-refractivity contribution in [3.8, 4) is 11.3 Å². The molecule has 1 aliphatic rings. The van der Waals surface area contributed by atoms with Gasteiger partial charge in [0.25, 0.3) is 0 Å². The van der Waals surface area contributed by atoms with Crippen molar-refractivity contribution in [3.63, 3.8) is 0 Å². The topological polar surface area (TPSA) is 85.0 Å². The predicted octanol–water partition coefficient (Wildman–Crippen LogP) is 3.74. The number of nitrogens with two attached hydrogens (primary N) is 1. The highest BCUT2D eigenvalue weighted by atomic mass is 19.1. The molecule has 1 aliphatic heterocycles. The molecule has 0 aliphatic carbocycles. The average molecular weight is 420 g/mol. The highest BCUT2D eigenvalue weighted by molar-refractivity contribution is 5.80. The number of nitrogens with zero attached hydrogens (tertiary/aromatic N) is 4. The first-order valence-corrected chi connectivity index (χ1v) is 10.4. The number of hydrogen-bond acceptors (Lipinski definition) is 5. The van der Waals surface area contributed by atoms with E-state index < -0.39 is 0 Å². The highest BCUT2D eigenvalue weighted by Crippen LogP contribution is 2.27. The number of anilines is 1. The third kappa shape index (κ3) is 4.55. The fraction of sp³-hybridized carbons (Fsp3) is 0.333. The summed E-state index contributed by atoms with van der Waals surface area (Å²) in [5.74, 6) is 0.641. The number of carbonyl (C=O) groups excluding carboxylic acids is 1. The van der Waals surface area contributed by atoms with Gasteiger partial charge in [-0.2, -0.15) is 0 Å². The summed E-state index contributed by atoms with van der Waals surface area (Å²) in [4.78, 5) is 28.6. The van der Waals surface area contributed by atoms with E-state index in [-0.39, 0.29) is 24.1 Å². The van der Waals surface area contributed by atoms with Gasteiger partial charge in [-0.15, -0.1) is 0 Å². The van der Waals surface area contributed by atoms with Crippen molar-refractivity contribution in [2.75, 3.05) is 18.8 Å². The molecule has 0 radical (unpaired) electrons. The molecule has 1 atom stereocenters. The van der Waals surface area contributed by atoms with E-state index in [9.17, 15) is 9.18 Å². The summed E-state index contributed by atoms with van der Waals surface area (Å²) in [5.41, 5.74) is 11.3. The molecule has 0 spiro atoms. The molecule has 3 heterocycles. The number of rotatable bonds is 4. The zero-order chi connectivity index (χ0) is 22.1. The van der Waals surface area contributed by atoms with Crippen molar-refractivity contribution >= 4 is 11.6 Å². The first-order valence-electron chi connectivity index (χ1n) is 10.4. The molecule has 0 bridgehead atoms. The number of benzene rings is 1. The molecule has 4 rings (SSSR count). The molecule has 1 unspecified atom stereocenters. The maximum atomic E-state index is 13.5. The van der Waals surface area contributed by atoms with Gasteiger partial charge in [0.1, 0.15) is 11.6 Å². The van der Waals surface area contributed by atoms with E-state index in [2.05, 4.69) is 15.0 Å². The second-order valence-corrected chi connectivity index (χ2v) is 8.20. The van der Waals surface area contributed by atoms with Crippen LogP contribution in [0.5, 0.6) is 0 Å². The van der Waals surface area contributed by atoms with E-state index in [4.69, 9.17) is 5.73 Å². The lowest BCUT2D eigenvalue weighted by molar-refractivity contribution is -0.129. The van der Waals surface area contributed by atoms with Crippen molar-refractivity contribution in [2.24, 2.45) is 0 Å². The molecule has 0 saturated carbocycles. The summed E-state index contributed by atoms with van der Waals surface area (Å²) < 4.78 is 13.5. The van der Waals surface area contributed by atoms with E-state index in [1.165, 1.54) is 12.1 Å². The standard InChI is InChI=1S/C24H26FN5O/c1-14-10-18(25)4-5-19(14)21-7-6-20(26)22(29-21)12-23(31)30-9-8-17(13-30)24-27-15(2)11-16(3)28-24/h4-7,10-11,17H,8-9,12-13,26H2,1-3H3. The minimum Gasteiger partial charge on any atom is -0.397 e. The van der Waals surface area contributed by atoms with Crippen LogP contribution in [0, 0.1) is 26.6 Å². The smallest absolute Gasteiger partial charge is 0.228 e. The summed E-state index contributed by atoms with van der Waals surface area (Å²) in [6, 6.07) is 10.1. The Morgan fingerprint density at radius 2 is 1.84 bits per heavy atom. The van der Waals surface area contributed by atoms with Gasteiger partial charge in [0.15, 0.2) is 0 Å². The quantitative estimate of drug-likeness (QED) is 0.696. The minimum atomic E-state index is -0.288. The second kappa shape index (κ2) is 8.41. The van der Waals surface area contributed by atoms with Crippen molar-refractivity contribution in [1.29, 1.82) is 0 Å². The van der Waals surface area contributed by atoms with Crippen molar-refractivity contribution < 1.29 is 9.18 Å². The molecule has 3 aromatic rings. The number of hydrogen-bond donors (Lipinski definition) is 1. The summed E-state index contributed by atoms with van der Waals surface area (Å²) in [6.45, 7) is 7.01. The number of halogens is 1. The fourth-order valence-electron chi connectivity index (χ4n) is 4.11. The Morgan fingerprint density at radius 3 is 2.55 bits per heavy atom. The monoisotopic (exact) mass is 419 g/mol. The van der Waals surface area contributed by atoms with Crippen LogP contribution in [0.25, 0.3) is 11.3 Å². The zero-order valence-electron chi connectivity index (χ0n) is 18.0. The molecule has 7 heteroatoms. The SMILES string of the molecule is Cc1cc(C)nc(C2CCN(C(=O)Cc3nc(-c4ccc(F)cc4C)ccc3N)C2)n1. The lowest BCUT2D eigenvalue weighted by Crippen LogP contribution is -2.30. The van der Waals surface area contributed by atoms with E-state index >= 15 is 0 Å². The van der Waals surface area contributed by atoms with Crippen LogP contribution in [-0.2, 0) is 11.2 Å². The molecular weight excluding hydrogens is 393 g/mol. The average Bonchev–Trinajstić information content (AvgIpc) is 3.20. The third-order valence-corrected chi connectivity index (χ3v) is 5.70. The third-order valence-electron chi connectivity index (χ3n) is 5.70. The Bertz CT molecular complexity index is 1130. The molecule has 6 nitrogen and oxygen atoms in total. The molecular formula is C24H26FN5O. The van der Waals surface area contributed by atoms with Gasteiger partial charge in [-0.3, -0.25) is 9.78 Å². The molecule has 1 aromatic carbocycles. The van der Waals surface area contributed by atoms with Crippen LogP contribution in [-0.4, -0.2) is 38.8 Å². The van der Waals surface area contributed by atoms with Crippen LogP contribution in [0.1, 0.15) is 40.8 Å². The summed E-state index contributed by atoms with van der Waals surface area (Å²) in [7, 11) is 0. The normalized spacial score (nSPS) is 16.0. The van der Waals surface area contributed by atoms with E-state index in [1.807, 2.05) is 31.7 Å². The number of aryl methyl sites for hydroxylation is 3. The van der Waals surface area contributed by atoms with Crippen LogP contribution in [0.4, 0.5) is 10.1 Å². The van der Waals surface area contributed by atoms with Crippen LogP contribution in [0.15, 0.2) is 36.4 Å². The van der Waals surface area contributed by atoms with E-state index in [0.717, 1.165) is 34.8 Å². The summed E-state index contributed by atoms with van der Waals surface area (Å²) in [5, 5.41) is 0. The van der Waals surface area contributed by atoms with Crippen LogP contribution in [0.2, 0.25) is 0 Å². The number of carbonyl (C=O) groups is 1. The van der Waals surface area contributed by atoms with Gasteiger partial charge in [-0.05, 0) is 69.2 Å². The van der Waals surface area contributed by atoms with Gasteiger partial charge in [-0.1, -0.05) is 0 Å². The fourth-order valence-corrected chi connectivity index (χ4v) is 4.11. The van der Waals surface area contributed by atoms with Crippen molar-refractivity contribution in [2.45, 2.75) is 39.5 Å². The van der Waals surface area contributed by atoms with Crippen molar-refractivity contribution in [1.82, 2.24) is 19.9 Å². The Balaban J connectivity index is 1.50. The lowest BCUT2D eigenvalue weighted by atomic mass is 10.0. The number of aromatic nitrogens is 3. The molecule has 31 heavy (non-hydrogen) atoms. The number of likely N-dealkylation sites (tertiary alicyclic amines) is 1. The van der Waals surface area contributed by atoms with Crippen LogP contribution in [0.3, 0.4) is 0 Å². The van der Waals surface area contributed by atoms with E-state index in [0.29, 0.717) is 30.2 Å². The summed E-state index contributed by atoms with van der Waals surface area (Å²) >= 11 is 0. The lowest BCUT2D eigenvalue weighted by Gasteiger charge is -2.17. The Labute approximate surface area is 181 Å². The Kier molecular flexibility index (Phi) is 5.67. The Morgan fingerprint density at radius 1 is 1.10 bits per heavy atom. The van der Waals surface area contributed by atoms with Crippen molar-refractivity contribution in [3.05, 3.63) is 70.7 Å². The number of nitrogen functional groups attached to an aromatic ring is 1. The predicted molar refractivity (Wildman–Crippen MR) is 118 cm³/mol. The summed E-state index contributed by atoms with van der Waals surface area (Å²) in [6.07, 6.45) is 0.965. The van der Waals surface area contributed by atoms with Gasteiger partial charge >= 0.3 is 0 Å². The zero-order valence-corrected chi connectivity index (χ0v) is 18.0. The van der Waals surface area contributed by atoms with Gasteiger partial charge in [0.05, 0.1) is 23.5 Å². The molecule has 1 amide bonds. The minimum absolute atomic E-state index is 0.0148. The van der Waals surface area contributed by atoms with Crippen LogP contribution < -0.4 is 5.73 Å². The molecule has 160 valence electrons. The number of pyridine rings is 1. The van der Waals surface area contributed by atoms with Gasteiger partial charge in [0.2, 0.25) is 5.91 Å². The van der Waals surface area contributed by atoms with E-state index in [1.54, 1.807) is 18.2 Å². The second-order valence-electron chi connectivity index (χ2n) is 8.20. The molecule has 1 fully saturated rings. The van der Waals surface area contributed by atoms with Gasteiger partial charge in [-0.25, -0.2) is 14.4 Å². The van der Waals surface area contributed by atoms with Crippen LogP contribution >= 0.6 is 0 Å². The largest absolute Gasteiger partial charge is 0.397 e. The number of amides is 1. The van der Waals surface area contributed by atoms with Gasteiger partial charge in [0, 0.05) is 36.0 Å². The molecule has 1 saturated heterocycles. The first kappa shape index (κ1) is 20.9. The molecule has 2 N–H and O–H groups in total.